The van der Waals surface area contributed by atoms with Crippen LogP contribution in [0.25, 0.3) is 10.4 Å². The summed E-state index contributed by atoms with van der Waals surface area (Å²) >= 11 is 0. The lowest BCUT2D eigenvalue weighted by molar-refractivity contribution is 0.366. The first kappa shape index (κ1) is 14.2. The molecule has 0 aliphatic carbocycles. The Morgan fingerprint density at radius 2 is 1.76 bits per heavy atom. The standard InChI is InChI=1S/C10H9S2.H2O4S/c1-8-2-4-9(5-3-8)10-6-7-11-12-10;1-5(2,3)4/h2-7H,1H3;(H2,1,2,3,4)/q+1;/p-1. The van der Waals surface area contributed by atoms with Gasteiger partial charge in [0.05, 0.1) is 4.88 Å². The number of hydrogen-bond acceptors (Lipinski definition) is 4. The maximum atomic E-state index is 8.63. The molecule has 0 spiro atoms. The predicted octanol–water partition coefficient (Wildman–Crippen LogP) is 3.07. The molecule has 92 valence electrons. The Morgan fingerprint density at radius 3 is 2.18 bits per heavy atom. The lowest BCUT2D eigenvalue weighted by atomic mass is 10.1. The zero-order valence-electron chi connectivity index (χ0n) is 8.86. The summed E-state index contributed by atoms with van der Waals surface area (Å²) in [7, 11) is -1.31. The van der Waals surface area contributed by atoms with Gasteiger partial charge in [-0.15, -0.1) is 0 Å². The largest absolute Gasteiger partial charge is 0.726 e. The fourth-order valence-corrected chi connectivity index (χ4v) is 2.95. The van der Waals surface area contributed by atoms with Crippen molar-refractivity contribution < 1.29 is 17.5 Å². The molecule has 1 aromatic heterocycles. The molecule has 0 aliphatic rings. The maximum absolute atomic E-state index is 8.63. The van der Waals surface area contributed by atoms with E-state index in [1.54, 1.807) is 10.3 Å². The minimum absolute atomic E-state index is 1.32. The Bertz CT molecular complexity index is 536. The first-order valence-corrected chi connectivity index (χ1v) is 8.06. The van der Waals surface area contributed by atoms with Crippen LogP contribution >= 0.6 is 20.7 Å². The smallest absolute Gasteiger partial charge is 0.292 e. The lowest BCUT2D eigenvalue weighted by Gasteiger charge is -1.94. The van der Waals surface area contributed by atoms with E-state index in [1.165, 1.54) is 16.0 Å². The second-order valence-electron chi connectivity index (χ2n) is 3.14. The quantitative estimate of drug-likeness (QED) is 0.379. The third-order valence-corrected chi connectivity index (χ3v) is 3.80. The highest BCUT2D eigenvalue weighted by Crippen LogP contribution is 2.27. The van der Waals surface area contributed by atoms with Crippen LogP contribution in [-0.4, -0.2) is 17.5 Å². The van der Waals surface area contributed by atoms with Gasteiger partial charge in [-0.25, -0.2) is 8.42 Å². The van der Waals surface area contributed by atoms with Gasteiger partial charge in [0, 0.05) is 6.07 Å². The third-order valence-electron chi connectivity index (χ3n) is 1.75. The first-order valence-electron chi connectivity index (χ1n) is 4.48. The molecule has 2 aromatic rings. The van der Waals surface area contributed by atoms with E-state index in [4.69, 9.17) is 17.5 Å². The number of aryl methyl sites for hydroxylation is 1. The van der Waals surface area contributed by atoms with Gasteiger partial charge in [-0.05, 0) is 12.5 Å². The summed E-state index contributed by atoms with van der Waals surface area (Å²) < 4.78 is 32.8. The molecular weight excluding hydrogens is 280 g/mol. The Morgan fingerprint density at radius 1 is 1.24 bits per heavy atom. The summed E-state index contributed by atoms with van der Waals surface area (Å²) in [4.78, 5) is 1.36. The zero-order valence-corrected chi connectivity index (χ0v) is 11.3. The minimum Gasteiger partial charge on any atom is -0.726 e. The average molecular weight is 290 g/mol. The molecule has 0 saturated heterocycles. The molecule has 0 aliphatic heterocycles. The van der Waals surface area contributed by atoms with Crippen LogP contribution in [0.5, 0.6) is 0 Å². The summed E-state index contributed by atoms with van der Waals surface area (Å²) in [6.07, 6.45) is 0. The van der Waals surface area contributed by atoms with E-state index in [9.17, 15) is 0 Å². The Balaban J connectivity index is 0.000000249. The lowest BCUT2D eigenvalue weighted by Crippen LogP contribution is -1.90. The van der Waals surface area contributed by atoms with Gasteiger partial charge in [0.15, 0.2) is 10.3 Å². The van der Waals surface area contributed by atoms with Gasteiger partial charge >= 0.3 is 0 Å². The predicted molar refractivity (Wildman–Crippen MR) is 69.1 cm³/mol. The minimum atomic E-state index is -4.92. The molecule has 1 heterocycles. The van der Waals surface area contributed by atoms with Gasteiger partial charge < -0.3 is 4.55 Å². The van der Waals surface area contributed by atoms with E-state index >= 15 is 0 Å². The van der Waals surface area contributed by atoms with Crippen molar-refractivity contribution in [3.63, 3.8) is 0 Å². The fraction of sp³-hybridized carbons (Fsp3) is 0.100. The van der Waals surface area contributed by atoms with Crippen LogP contribution in [-0.2, 0) is 10.4 Å². The fourth-order valence-electron chi connectivity index (χ4n) is 1.06. The van der Waals surface area contributed by atoms with Crippen molar-refractivity contribution in [2.45, 2.75) is 6.92 Å². The molecule has 2 rings (SSSR count). The molecule has 0 saturated carbocycles. The van der Waals surface area contributed by atoms with Crippen LogP contribution < -0.4 is 0 Å². The van der Waals surface area contributed by atoms with Crippen molar-refractivity contribution in [1.82, 2.24) is 0 Å². The van der Waals surface area contributed by atoms with Crippen LogP contribution in [0.15, 0.2) is 35.7 Å². The SMILES string of the molecule is Cc1ccc(-c2cc[s+]s2)cc1.O=S(=O)([O-])O. The molecule has 7 heteroatoms. The average Bonchev–Trinajstić information content (AvgIpc) is 2.69. The van der Waals surface area contributed by atoms with Gasteiger partial charge in [-0.3, -0.25) is 4.55 Å². The van der Waals surface area contributed by atoms with Gasteiger partial charge in [0.2, 0.25) is 15.8 Å². The molecule has 17 heavy (non-hydrogen) atoms. The topological polar surface area (TPSA) is 77.4 Å². The summed E-state index contributed by atoms with van der Waals surface area (Å²) in [6.45, 7) is 2.11. The molecule has 4 nitrogen and oxygen atoms in total. The highest BCUT2D eigenvalue weighted by Gasteiger charge is 2.03. The third kappa shape index (κ3) is 6.44. The maximum Gasteiger partial charge on any atom is 0.292 e. The highest BCUT2D eigenvalue weighted by atomic mass is 32.9. The Kier molecular flexibility index (Phi) is 5.16. The number of rotatable bonds is 1. The van der Waals surface area contributed by atoms with E-state index in [0.29, 0.717) is 0 Å². The van der Waals surface area contributed by atoms with Crippen molar-refractivity contribution in [1.29, 1.82) is 0 Å². The molecule has 0 fully saturated rings. The second-order valence-corrected chi connectivity index (χ2v) is 6.14. The number of hydrogen-bond donors (Lipinski definition) is 1. The van der Waals surface area contributed by atoms with E-state index in [0.717, 1.165) is 0 Å². The molecular formula is C10H10O4S3. The number of benzene rings is 1. The molecule has 1 N–H and O–H groups in total. The molecule has 1 aromatic carbocycles. The van der Waals surface area contributed by atoms with E-state index in [2.05, 4.69) is 42.6 Å². The van der Waals surface area contributed by atoms with Crippen LogP contribution in [0.1, 0.15) is 5.56 Å². The van der Waals surface area contributed by atoms with Crippen molar-refractivity contribution in [2.75, 3.05) is 0 Å². The molecule has 0 atom stereocenters. The van der Waals surface area contributed by atoms with E-state index < -0.39 is 10.4 Å². The zero-order chi connectivity index (χ0) is 12.9. The molecule has 0 unspecified atom stereocenters. The van der Waals surface area contributed by atoms with Crippen molar-refractivity contribution in [3.05, 3.63) is 41.3 Å². The van der Waals surface area contributed by atoms with Gasteiger partial charge in [-0.2, -0.15) is 0 Å². The first-order chi connectivity index (χ1) is 7.86. The summed E-state index contributed by atoms with van der Waals surface area (Å²) in [5.41, 5.74) is 2.64. The Hall–Kier alpha value is -0.860. The summed E-state index contributed by atoms with van der Waals surface area (Å²) in [5.74, 6) is 0. The summed E-state index contributed by atoms with van der Waals surface area (Å²) in [6, 6.07) is 10.8. The van der Waals surface area contributed by atoms with E-state index in [-0.39, 0.29) is 0 Å². The molecule has 0 amide bonds. The van der Waals surface area contributed by atoms with Crippen LogP contribution in [0, 0.1) is 6.92 Å². The molecule has 0 bridgehead atoms. The summed E-state index contributed by atoms with van der Waals surface area (Å²) in [5, 5.41) is 2.12. The Labute approximate surface area is 107 Å². The second kappa shape index (κ2) is 6.18. The van der Waals surface area contributed by atoms with Crippen LogP contribution in [0.4, 0.5) is 0 Å². The van der Waals surface area contributed by atoms with Crippen molar-refractivity contribution in [3.8, 4) is 10.4 Å². The van der Waals surface area contributed by atoms with Gasteiger partial charge in [-0.1, -0.05) is 29.8 Å². The normalized spacial score (nSPS) is 10.5. The highest BCUT2D eigenvalue weighted by molar-refractivity contribution is 7.79. The monoisotopic (exact) mass is 290 g/mol. The molecule has 0 radical (unpaired) electrons. The van der Waals surface area contributed by atoms with Crippen LogP contribution in [0.3, 0.4) is 0 Å². The van der Waals surface area contributed by atoms with Gasteiger partial charge in [0.25, 0.3) is 10.3 Å². The van der Waals surface area contributed by atoms with Gasteiger partial charge in [0.1, 0.15) is 0 Å². The van der Waals surface area contributed by atoms with Crippen LogP contribution in [0.2, 0.25) is 0 Å². The van der Waals surface area contributed by atoms with Crippen molar-refractivity contribution >= 4 is 31.1 Å². The van der Waals surface area contributed by atoms with Crippen molar-refractivity contribution in [2.24, 2.45) is 0 Å². The van der Waals surface area contributed by atoms with E-state index in [1.807, 2.05) is 10.3 Å².